The number of esters is 1. The fourth-order valence-corrected chi connectivity index (χ4v) is 2.91. The molecule has 2 aromatic carbocycles. The molecule has 0 heterocycles. The Hall–Kier alpha value is -1.65. The Labute approximate surface area is 139 Å². The van der Waals surface area contributed by atoms with E-state index in [4.69, 9.17) is 4.74 Å². The number of methoxy groups -OCH3 is 1. The predicted octanol–water partition coefficient (Wildman–Crippen LogP) is 4.21. The van der Waals surface area contributed by atoms with Crippen LogP contribution in [-0.4, -0.2) is 18.2 Å². The van der Waals surface area contributed by atoms with Crippen molar-refractivity contribution in [3.05, 3.63) is 69.2 Å². The van der Waals surface area contributed by atoms with Gasteiger partial charge in [0.2, 0.25) is 0 Å². The van der Waals surface area contributed by atoms with Gasteiger partial charge in [0.25, 0.3) is 0 Å². The van der Waals surface area contributed by atoms with E-state index >= 15 is 0 Å². The minimum absolute atomic E-state index is 0.337. The van der Waals surface area contributed by atoms with Crippen molar-refractivity contribution in [2.45, 2.75) is 25.9 Å². The van der Waals surface area contributed by atoms with Gasteiger partial charge < -0.3 is 9.84 Å². The first kappa shape index (κ1) is 16.7. The molecule has 0 aromatic heterocycles. The number of carbonyl (C=O) groups is 1. The fourth-order valence-electron chi connectivity index (χ4n) is 2.50. The van der Waals surface area contributed by atoms with E-state index in [2.05, 4.69) is 15.9 Å². The van der Waals surface area contributed by atoms with Gasteiger partial charge in [-0.2, -0.15) is 0 Å². The number of aliphatic hydroxyl groups is 1. The quantitative estimate of drug-likeness (QED) is 0.810. The molecule has 0 aliphatic heterocycles. The van der Waals surface area contributed by atoms with Gasteiger partial charge in [-0.15, -0.1) is 0 Å². The highest BCUT2D eigenvalue weighted by Gasteiger charge is 2.15. The summed E-state index contributed by atoms with van der Waals surface area (Å²) in [5.41, 5.74) is 3.40. The molecule has 0 fully saturated rings. The Kier molecular flexibility index (Phi) is 5.75. The van der Waals surface area contributed by atoms with E-state index in [9.17, 15) is 9.90 Å². The molecule has 0 saturated heterocycles. The standard InChI is InChI=1S/C18H19BrO3/c1-12-5-3-8-16(18(21)22-2)15(12)9-10-17(20)13-6-4-7-14(19)11-13/h3-8,11,17,20H,9-10H2,1-2H3/t17-/m0/s1. The molecule has 0 bridgehead atoms. The van der Waals surface area contributed by atoms with Crippen LogP contribution in [0.1, 0.15) is 39.6 Å². The van der Waals surface area contributed by atoms with Crippen LogP contribution in [0.2, 0.25) is 0 Å². The summed E-state index contributed by atoms with van der Waals surface area (Å²) in [4.78, 5) is 11.9. The molecule has 0 saturated carbocycles. The highest BCUT2D eigenvalue weighted by Crippen LogP contribution is 2.24. The van der Waals surface area contributed by atoms with Crippen LogP contribution in [0.15, 0.2) is 46.9 Å². The van der Waals surface area contributed by atoms with Crippen LogP contribution >= 0.6 is 15.9 Å². The molecule has 116 valence electrons. The number of rotatable bonds is 5. The molecule has 3 nitrogen and oxygen atoms in total. The van der Waals surface area contributed by atoms with Gasteiger partial charge in [-0.1, -0.05) is 40.2 Å². The molecular formula is C18H19BrO3. The fraction of sp³-hybridized carbons (Fsp3) is 0.278. The van der Waals surface area contributed by atoms with Gasteiger partial charge in [0.15, 0.2) is 0 Å². The highest BCUT2D eigenvalue weighted by molar-refractivity contribution is 9.10. The zero-order valence-electron chi connectivity index (χ0n) is 12.7. The SMILES string of the molecule is COC(=O)c1cccc(C)c1CC[C@H](O)c1cccc(Br)c1. The van der Waals surface area contributed by atoms with Crippen molar-refractivity contribution in [1.82, 2.24) is 0 Å². The molecular weight excluding hydrogens is 344 g/mol. The Morgan fingerprint density at radius 2 is 2.00 bits per heavy atom. The maximum Gasteiger partial charge on any atom is 0.338 e. The number of benzene rings is 2. The van der Waals surface area contributed by atoms with Crippen molar-refractivity contribution in [3.8, 4) is 0 Å². The van der Waals surface area contributed by atoms with Crippen molar-refractivity contribution in [2.24, 2.45) is 0 Å². The van der Waals surface area contributed by atoms with Crippen molar-refractivity contribution >= 4 is 21.9 Å². The summed E-state index contributed by atoms with van der Waals surface area (Å²) >= 11 is 3.41. The van der Waals surface area contributed by atoms with Crippen molar-refractivity contribution in [3.63, 3.8) is 0 Å². The molecule has 0 aliphatic carbocycles. The van der Waals surface area contributed by atoms with Crippen molar-refractivity contribution < 1.29 is 14.6 Å². The maximum absolute atomic E-state index is 11.9. The number of hydrogen-bond acceptors (Lipinski definition) is 3. The second-order valence-corrected chi connectivity index (χ2v) is 6.12. The van der Waals surface area contributed by atoms with Gasteiger partial charge in [0.1, 0.15) is 0 Å². The van der Waals surface area contributed by atoms with E-state index in [1.165, 1.54) is 7.11 Å². The van der Waals surface area contributed by atoms with Gasteiger partial charge in [-0.05, 0) is 54.7 Å². The predicted molar refractivity (Wildman–Crippen MR) is 89.9 cm³/mol. The monoisotopic (exact) mass is 362 g/mol. The lowest BCUT2D eigenvalue weighted by atomic mass is 9.94. The van der Waals surface area contributed by atoms with Crippen LogP contribution < -0.4 is 0 Å². The van der Waals surface area contributed by atoms with E-state index in [1.807, 2.05) is 43.3 Å². The highest BCUT2D eigenvalue weighted by atomic mass is 79.9. The molecule has 1 atom stereocenters. The molecule has 0 aliphatic rings. The average molecular weight is 363 g/mol. The van der Waals surface area contributed by atoms with Crippen LogP contribution in [0.25, 0.3) is 0 Å². The minimum atomic E-state index is -0.567. The van der Waals surface area contributed by atoms with Gasteiger partial charge in [0, 0.05) is 4.47 Å². The third kappa shape index (κ3) is 3.96. The Balaban J connectivity index is 2.16. The normalized spacial score (nSPS) is 12.0. The molecule has 0 amide bonds. The van der Waals surface area contributed by atoms with Crippen LogP contribution in [-0.2, 0) is 11.2 Å². The third-order valence-corrected chi connectivity index (χ3v) is 4.21. The molecule has 4 heteroatoms. The van der Waals surface area contributed by atoms with Crippen LogP contribution in [0, 0.1) is 6.92 Å². The second-order valence-electron chi connectivity index (χ2n) is 5.20. The van der Waals surface area contributed by atoms with Crippen molar-refractivity contribution in [2.75, 3.05) is 7.11 Å². The van der Waals surface area contributed by atoms with Gasteiger partial charge in [-0.3, -0.25) is 0 Å². The summed E-state index contributed by atoms with van der Waals surface area (Å²) in [5.74, 6) is -0.337. The van der Waals surface area contributed by atoms with E-state index in [0.29, 0.717) is 18.4 Å². The minimum Gasteiger partial charge on any atom is -0.465 e. The molecule has 0 radical (unpaired) electrons. The second kappa shape index (κ2) is 7.56. The molecule has 2 rings (SSSR count). The van der Waals surface area contributed by atoms with Crippen LogP contribution in [0.3, 0.4) is 0 Å². The summed E-state index contributed by atoms with van der Waals surface area (Å²) in [6.45, 7) is 1.97. The topological polar surface area (TPSA) is 46.5 Å². The lowest BCUT2D eigenvalue weighted by Gasteiger charge is -2.15. The average Bonchev–Trinajstić information content (AvgIpc) is 2.52. The summed E-state index contributed by atoms with van der Waals surface area (Å²) < 4.78 is 5.77. The molecule has 22 heavy (non-hydrogen) atoms. The van der Waals surface area contributed by atoms with Crippen LogP contribution in [0.5, 0.6) is 0 Å². The smallest absolute Gasteiger partial charge is 0.338 e. The number of aryl methyl sites for hydroxylation is 1. The number of carbonyl (C=O) groups excluding carboxylic acids is 1. The van der Waals surface area contributed by atoms with E-state index < -0.39 is 6.10 Å². The maximum atomic E-state index is 11.9. The van der Waals surface area contributed by atoms with Crippen molar-refractivity contribution in [1.29, 1.82) is 0 Å². The molecule has 1 N–H and O–H groups in total. The van der Waals surface area contributed by atoms with Gasteiger partial charge >= 0.3 is 5.97 Å². The molecule has 0 spiro atoms. The van der Waals surface area contributed by atoms with Crippen LogP contribution in [0.4, 0.5) is 0 Å². The van der Waals surface area contributed by atoms with Gasteiger partial charge in [-0.25, -0.2) is 4.79 Å². The van der Waals surface area contributed by atoms with E-state index in [0.717, 1.165) is 21.2 Å². The first-order valence-corrected chi connectivity index (χ1v) is 7.92. The summed E-state index contributed by atoms with van der Waals surface area (Å²) in [6, 6.07) is 13.2. The van der Waals surface area contributed by atoms with E-state index in [1.54, 1.807) is 6.07 Å². The first-order valence-electron chi connectivity index (χ1n) is 7.13. The molecule has 0 unspecified atom stereocenters. The Morgan fingerprint density at radius 1 is 1.27 bits per heavy atom. The largest absolute Gasteiger partial charge is 0.465 e. The summed E-state index contributed by atoms with van der Waals surface area (Å²) in [7, 11) is 1.38. The van der Waals surface area contributed by atoms with Gasteiger partial charge in [0.05, 0.1) is 18.8 Å². The Morgan fingerprint density at radius 3 is 2.68 bits per heavy atom. The number of ether oxygens (including phenoxy) is 1. The number of halogens is 1. The summed E-state index contributed by atoms with van der Waals surface area (Å²) in [5, 5.41) is 10.3. The summed E-state index contributed by atoms with van der Waals surface area (Å²) in [6.07, 6.45) is 0.596. The molecule has 2 aromatic rings. The number of aliphatic hydroxyl groups excluding tert-OH is 1. The zero-order chi connectivity index (χ0) is 16.1. The van der Waals surface area contributed by atoms with E-state index in [-0.39, 0.29) is 5.97 Å². The zero-order valence-corrected chi connectivity index (χ0v) is 14.3. The third-order valence-electron chi connectivity index (χ3n) is 3.72. The Bertz CT molecular complexity index is 667. The first-order chi connectivity index (χ1) is 10.5. The number of hydrogen-bond donors (Lipinski definition) is 1. The lowest BCUT2D eigenvalue weighted by molar-refractivity contribution is 0.0598. The lowest BCUT2D eigenvalue weighted by Crippen LogP contribution is -2.09.